The maximum atomic E-state index is 12.9. The smallest absolute Gasteiger partial charge is 0.270 e. The molecule has 3 aliphatic rings. The molecule has 5 rings (SSSR count). The summed E-state index contributed by atoms with van der Waals surface area (Å²) in [6.07, 6.45) is 8.66. The Bertz CT molecular complexity index is 774. The van der Waals surface area contributed by atoms with Crippen molar-refractivity contribution in [2.24, 2.45) is 13.0 Å². The number of hydrogen-bond donors (Lipinski definition) is 0. The number of nitrogens with zero attached hydrogens (tertiary/aromatic N) is 5. The lowest BCUT2D eigenvalue weighted by Gasteiger charge is -2.38. The zero-order valence-corrected chi connectivity index (χ0v) is 14.0. The second-order valence-electron chi connectivity index (χ2n) is 7.55. The number of fused-ring (bicyclic) bond motifs is 3. The molecule has 24 heavy (non-hydrogen) atoms. The van der Waals surface area contributed by atoms with Crippen LogP contribution in [0.5, 0.6) is 0 Å². The monoisotopic (exact) mass is 325 g/mol. The number of aromatic nitrogens is 3. The molecule has 0 aromatic carbocycles. The van der Waals surface area contributed by atoms with E-state index in [1.165, 1.54) is 18.4 Å². The van der Waals surface area contributed by atoms with Crippen molar-refractivity contribution in [2.75, 3.05) is 19.6 Å². The first-order chi connectivity index (χ1) is 11.7. The molecule has 6 nitrogen and oxygen atoms in total. The largest absolute Gasteiger partial charge is 0.337 e. The molecule has 4 heterocycles. The SMILES string of the molecule is Cn1cc(CN2CC3C(C2)n2cccc2C(=O)N3CC2CC2)cn1. The van der Waals surface area contributed by atoms with Gasteiger partial charge in [-0.1, -0.05) is 0 Å². The number of aryl methyl sites for hydroxylation is 1. The van der Waals surface area contributed by atoms with Gasteiger partial charge in [-0.05, 0) is 30.9 Å². The first-order valence-corrected chi connectivity index (χ1v) is 8.87. The van der Waals surface area contributed by atoms with Crippen molar-refractivity contribution >= 4 is 5.91 Å². The molecule has 2 atom stereocenters. The quantitative estimate of drug-likeness (QED) is 0.856. The normalized spacial score (nSPS) is 26.7. The van der Waals surface area contributed by atoms with E-state index in [4.69, 9.17) is 0 Å². The van der Waals surface area contributed by atoms with Crippen LogP contribution in [0.15, 0.2) is 30.7 Å². The van der Waals surface area contributed by atoms with E-state index in [-0.39, 0.29) is 5.91 Å². The Labute approximate surface area is 141 Å². The van der Waals surface area contributed by atoms with Crippen LogP contribution in [0, 0.1) is 5.92 Å². The third-order valence-corrected chi connectivity index (χ3v) is 5.67. The highest BCUT2D eigenvalue weighted by atomic mass is 16.2. The van der Waals surface area contributed by atoms with Crippen LogP contribution >= 0.6 is 0 Å². The van der Waals surface area contributed by atoms with Gasteiger partial charge in [0.15, 0.2) is 0 Å². The van der Waals surface area contributed by atoms with Crippen molar-refractivity contribution in [1.29, 1.82) is 0 Å². The second-order valence-corrected chi connectivity index (χ2v) is 7.55. The van der Waals surface area contributed by atoms with Crippen LogP contribution in [0.2, 0.25) is 0 Å². The molecule has 0 radical (unpaired) electrons. The highest BCUT2D eigenvalue weighted by molar-refractivity contribution is 5.94. The predicted octanol–water partition coefficient (Wildman–Crippen LogP) is 1.51. The molecule has 2 unspecified atom stereocenters. The van der Waals surface area contributed by atoms with E-state index in [2.05, 4.69) is 31.9 Å². The van der Waals surface area contributed by atoms with E-state index in [9.17, 15) is 4.79 Å². The molecule has 1 saturated heterocycles. The lowest BCUT2D eigenvalue weighted by Crippen LogP contribution is -2.51. The van der Waals surface area contributed by atoms with Crippen LogP contribution in [-0.2, 0) is 13.6 Å². The van der Waals surface area contributed by atoms with Crippen LogP contribution in [0.4, 0.5) is 0 Å². The van der Waals surface area contributed by atoms with Gasteiger partial charge in [0.25, 0.3) is 5.91 Å². The number of hydrogen-bond acceptors (Lipinski definition) is 3. The van der Waals surface area contributed by atoms with Gasteiger partial charge in [0.1, 0.15) is 5.69 Å². The van der Waals surface area contributed by atoms with Crippen molar-refractivity contribution < 1.29 is 4.79 Å². The van der Waals surface area contributed by atoms with Gasteiger partial charge < -0.3 is 9.47 Å². The minimum atomic E-state index is 0.219. The Morgan fingerprint density at radius 1 is 1.25 bits per heavy atom. The molecule has 0 N–H and O–H groups in total. The molecule has 2 aromatic heterocycles. The Morgan fingerprint density at radius 3 is 2.83 bits per heavy atom. The first kappa shape index (κ1) is 14.3. The first-order valence-electron chi connectivity index (χ1n) is 8.87. The average molecular weight is 325 g/mol. The van der Waals surface area contributed by atoms with Gasteiger partial charge in [-0.3, -0.25) is 14.4 Å². The highest BCUT2D eigenvalue weighted by Gasteiger charge is 2.46. The third kappa shape index (κ3) is 2.28. The van der Waals surface area contributed by atoms with E-state index in [0.717, 1.165) is 37.8 Å². The molecule has 6 heteroatoms. The standard InChI is InChI=1S/C18H23N5O/c1-20-8-14(7-19-20)9-21-11-16-17(12-21)23(10-13-4-5-13)18(24)15-3-2-6-22(15)16/h2-3,6-8,13,16-17H,4-5,9-12H2,1H3. The van der Waals surface area contributed by atoms with E-state index >= 15 is 0 Å². The minimum Gasteiger partial charge on any atom is -0.337 e. The van der Waals surface area contributed by atoms with Gasteiger partial charge in [-0.2, -0.15) is 5.10 Å². The van der Waals surface area contributed by atoms with Gasteiger partial charge in [0, 0.05) is 51.2 Å². The van der Waals surface area contributed by atoms with Gasteiger partial charge >= 0.3 is 0 Å². The predicted molar refractivity (Wildman–Crippen MR) is 89.5 cm³/mol. The van der Waals surface area contributed by atoms with Crippen molar-refractivity contribution in [3.8, 4) is 0 Å². The zero-order valence-electron chi connectivity index (χ0n) is 14.0. The zero-order chi connectivity index (χ0) is 16.3. The summed E-state index contributed by atoms with van der Waals surface area (Å²) in [5.41, 5.74) is 2.10. The molecule has 1 amide bonds. The fourth-order valence-corrected chi connectivity index (χ4v) is 4.33. The Hall–Kier alpha value is -2.08. The maximum absolute atomic E-state index is 12.9. The molecule has 0 bridgehead atoms. The summed E-state index contributed by atoms with van der Waals surface area (Å²) in [6.45, 7) is 3.79. The molecule has 2 fully saturated rings. The Morgan fingerprint density at radius 2 is 2.08 bits per heavy atom. The summed E-state index contributed by atoms with van der Waals surface area (Å²) in [6, 6.07) is 4.66. The lowest BCUT2D eigenvalue weighted by molar-refractivity contribution is 0.0565. The summed E-state index contributed by atoms with van der Waals surface area (Å²) >= 11 is 0. The van der Waals surface area contributed by atoms with Crippen molar-refractivity contribution in [2.45, 2.75) is 31.5 Å². The molecule has 1 aliphatic carbocycles. The third-order valence-electron chi connectivity index (χ3n) is 5.67. The van der Waals surface area contributed by atoms with E-state index in [1.54, 1.807) is 0 Å². The number of carbonyl (C=O) groups is 1. The van der Waals surface area contributed by atoms with Crippen LogP contribution in [0.25, 0.3) is 0 Å². The fraction of sp³-hybridized carbons (Fsp3) is 0.556. The van der Waals surface area contributed by atoms with Crippen LogP contribution < -0.4 is 0 Å². The number of rotatable bonds is 4. The Kier molecular flexibility index (Phi) is 3.10. The molecule has 126 valence electrons. The summed E-state index contributed by atoms with van der Waals surface area (Å²) in [5, 5.41) is 4.27. The van der Waals surface area contributed by atoms with Crippen LogP contribution in [-0.4, -0.2) is 55.7 Å². The van der Waals surface area contributed by atoms with E-state index in [1.807, 2.05) is 30.1 Å². The number of likely N-dealkylation sites (tertiary alicyclic amines) is 1. The molecule has 1 saturated carbocycles. The van der Waals surface area contributed by atoms with Crippen molar-refractivity contribution in [3.63, 3.8) is 0 Å². The summed E-state index contributed by atoms with van der Waals surface area (Å²) in [5.74, 6) is 0.944. The molecule has 2 aromatic rings. The molecule has 2 aliphatic heterocycles. The summed E-state index contributed by atoms with van der Waals surface area (Å²) < 4.78 is 4.06. The van der Waals surface area contributed by atoms with Gasteiger partial charge in [-0.15, -0.1) is 0 Å². The highest BCUT2D eigenvalue weighted by Crippen LogP contribution is 2.38. The number of amides is 1. The number of carbonyl (C=O) groups excluding carboxylic acids is 1. The molecular weight excluding hydrogens is 302 g/mol. The van der Waals surface area contributed by atoms with E-state index < -0.39 is 0 Å². The van der Waals surface area contributed by atoms with Gasteiger partial charge in [-0.25, -0.2) is 0 Å². The fourth-order valence-electron chi connectivity index (χ4n) is 4.33. The van der Waals surface area contributed by atoms with Crippen molar-refractivity contribution in [1.82, 2.24) is 24.1 Å². The molecular formula is C18H23N5O. The second kappa shape index (κ2) is 5.21. The topological polar surface area (TPSA) is 46.3 Å². The maximum Gasteiger partial charge on any atom is 0.270 e. The van der Waals surface area contributed by atoms with Crippen LogP contribution in [0.1, 0.15) is 34.9 Å². The summed E-state index contributed by atoms with van der Waals surface area (Å²) in [7, 11) is 1.95. The van der Waals surface area contributed by atoms with Crippen molar-refractivity contribution in [3.05, 3.63) is 42.0 Å². The lowest BCUT2D eigenvalue weighted by atomic mass is 10.1. The van der Waals surface area contributed by atoms with Gasteiger partial charge in [0.2, 0.25) is 0 Å². The van der Waals surface area contributed by atoms with Crippen LogP contribution in [0.3, 0.4) is 0 Å². The summed E-state index contributed by atoms with van der Waals surface area (Å²) in [4.78, 5) is 17.6. The Balaban J connectivity index is 1.42. The molecule has 0 spiro atoms. The van der Waals surface area contributed by atoms with E-state index in [0.29, 0.717) is 12.1 Å². The minimum absolute atomic E-state index is 0.219. The average Bonchev–Trinajstić information content (AvgIpc) is 2.96. The van der Waals surface area contributed by atoms with Gasteiger partial charge in [0.05, 0.1) is 18.3 Å².